The van der Waals surface area contributed by atoms with E-state index in [0.717, 1.165) is 31.4 Å². The quantitative estimate of drug-likeness (QED) is 0.592. The number of likely N-dealkylation sites (tertiary alicyclic amines) is 1. The van der Waals surface area contributed by atoms with Crippen molar-refractivity contribution in [3.8, 4) is 11.3 Å². The Kier molecular flexibility index (Phi) is 5.89. The van der Waals surface area contributed by atoms with E-state index in [1.165, 1.54) is 12.1 Å². The summed E-state index contributed by atoms with van der Waals surface area (Å²) in [6.45, 7) is 4.73. The number of benzene rings is 2. The van der Waals surface area contributed by atoms with Crippen LogP contribution in [0.5, 0.6) is 0 Å². The van der Waals surface area contributed by atoms with Gasteiger partial charge in [-0.05, 0) is 93.3 Å². The lowest BCUT2D eigenvalue weighted by atomic mass is 10.0. The first-order valence-electron chi connectivity index (χ1n) is 10.5. The Balaban J connectivity index is 1.46. The van der Waals surface area contributed by atoms with E-state index in [4.69, 9.17) is 4.42 Å². The molecule has 1 N–H and O–H groups in total. The molecule has 6 heteroatoms. The standard InChI is InChI=1S/C25H25FN2O3/c1-16-15-19(25(30)28-14-4-3-5-17(28)2)8-11-21(16)27-24(29)23-13-12-22(31-23)18-6-9-20(26)10-7-18/h6-13,15,17H,3-5,14H2,1-2H3,(H,27,29). The summed E-state index contributed by atoms with van der Waals surface area (Å²) in [5.74, 6) is -0.0525. The van der Waals surface area contributed by atoms with Crippen molar-refractivity contribution in [2.24, 2.45) is 0 Å². The number of rotatable bonds is 4. The third-order valence-corrected chi connectivity index (χ3v) is 5.74. The summed E-state index contributed by atoms with van der Waals surface area (Å²) in [6.07, 6.45) is 3.22. The van der Waals surface area contributed by atoms with Crippen LogP contribution < -0.4 is 5.32 Å². The molecular formula is C25H25FN2O3. The fraction of sp³-hybridized carbons (Fsp3) is 0.280. The number of anilines is 1. The van der Waals surface area contributed by atoms with Gasteiger partial charge in [0.25, 0.3) is 11.8 Å². The number of nitrogens with zero attached hydrogens (tertiary/aromatic N) is 1. The van der Waals surface area contributed by atoms with Gasteiger partial charge >= 0.3 is 0 Å². The zero-order valence-corrected chi connectivity index (χ0v) is 17.7. The molecule has 4 rings (SSSR count). The molecule has 1 fully saturated rings. The molecule has 0 radical (unpaired) electrons. The summed E-state index contributed by atoms with van der Waals surface area (Å²) >= 11 is 0. The van der Waals surface area contributed by atoms with Crippen LogP contribution in [0.3, 0.4) is 0 Å². The van der Waals surface area contributed by atoms with Crippen LogP contribution >= 0.6 is 0 Å². The molecule has 31 heavy (non-hydrogen) atoms. The molecule has 1 aliphatic heterocycles. The Morgan fingerprint density at radius 1 is 1.06 bits per heavy atom. The van der Waals surface area contributed by atoms with Gasteiger partial charge in [0.2, 0.25) is 0 Å². The summed E-state index contributed by atoms with van der Waals surface area (Å²) in [7, 11) is 0. The summed E-state index contributed by atoms with van der Waals surface area (Å²) in [4.78, 5) is 27.4. The molecule has 0 spiro atoms. The molecule has 0 bridgehead atoms. The molecule has 5 nitrogen and oxygen atoms in total. The molecule has 0 saturated carbocycles. The van der Waals surface area contributed by atoms with Gasteiger partial charge in [-0.1, -0.05) is 0 Å². The van der Waals surface area contributed by atoms with Crippen LogP contribution in [0.25, 0.3) is 11.3 Å². The van der Waals surface area contributed by atoms with E-state index in [1.54, 1.807) is 36.4 Å². The van der Waals surface area contributed by atoms with Gasteiger partial charge < -0.3 is 14.6 Å². The minimum absolute atomic E-state index is 0.0307. The number of aryl methyl sites for hydroxylation is 1. The number of carbonyl (C=O) groups is 2. The van der Waals surface area contributed by atoms with Crippen molar-refractivity contribution < 1.29 is 18.4 Å². The molecule has 2 amide bonds. The highest BCUT2D eigenvalue weighted by molar-refractivity contribution is 6.03. The zero-order chi connectivity index (χ0) is 22.0. The first-order chi connectivity index (χ1) is 14.9. The number of piperidine rings is 1. The average Bonchev–Trinajstić information content (AvgIpc) is 3.26. The van der Waals surface area contributed by atoms with Gasteiger partial charge in [-0.3, -0.25) is 9.59 Å². The third-order valence-electron chi connectivity index (χ3n) is 5.74. The van der Waals surface area contributed by atoms with Gasteiger partial charge in [-0.15, -0.1) is 0 Å². The first kappa shape index (κ1) is 20.8. The van der Waals surface area contributed by atoms with E-state index in [0.29, 0.717) is 22.6 Å². The SMILES string of the molecule is Cc1cc(C(=O)N2CCCCC2C)ccc1NC(=O)c1ccc(-c2ccc(F)cc2)o1. The molecule has 1 unspecified atom stereocenters. The topological polar surface area (TPSA) is 62.6 Å². The van der Waals surface area contributed by atoms with Crippen LogP contribution in [0.2, 0.25) is 0 Å². The fourth-order valence-electron chi connectivity index (χ4n) is 3.92. The number of halogens is 1. The molecule has 1 aromatic heterocycles. The monoisotopic (exact) mass is 420 g/mol. The Hall–Kier alpha value is -3.41. The fourth-order valence-corrected chi connectivity index (χ4v) is 3.92. The number of furan rings is 1. The van der Waals surface area contributed by atoms with Gasteiger partial charge in [-0.2, -0.15) is 0 Å². The summed E-state index contributed by atoms with van der Waals surface area (Å²) < 4.78 is 18.7. The largest absolute Gasteiger partial charge is 0.451 e. The molecule has 2 aromatic carbocycles. The zero-order valence-electron chi connectivity index (χ0n) is 17.7. The van der Waals surface area contributed by atoms with Crippen LogP contribution in [-0.4, -0.2) is 29.3 Å². The van der Waals surface area contributed by atoms with Crippen LogP contribution in [0.1, 0.15) is 52.7 Å². The van der Waals surface area contributed by atoms with Crippen molar-refractivity contribution in [1.29, 1.82) is 0 Å². The first-order valence-corrected chi connectivity index (χ1v) is 10.5. The molecular weight excluding hydrogens is 395 g/mol. The van der Waals surface area contributed by atoms with Gasteiger partial charge in [0.15, 0.2) is 5.76 Å². The molecule has 0 aliphatic carbocycles. The molecule has 2 heterocycles. The molecule has 1 saturated heterocycles. The Bertz CT molecular complexity index is 1100. The average molecular weight is 420 g/mol. The van der Waals surface area contributed by atoms with E-state index < -0.39 is 0 Å². The smallest absolute Gasteiger partial charge is 0.291 e. The summed E-state index contributed by atoms with van der Waals surface area (Å²) in [6, 6.07) is 14.7. The lowest BCUT2D eigenvalue weighted by Crippen LogP contribution is -2.42. The van der Waals surface area contributed by atoms with Crippen LogP contribution in [0, 0.1) is 12.7 Å². The predicted molar refractivity (Wildman–Crippen MR) is 118 cm³/mol. The Morgan fingerprint density at radius 3 is 2.55 bits per heavy atom. The second-order valence-electron chi connectivity index (χ2n) is 8.00. The van der Waals surface area contributed by atoms with E-state index in [9.17, 15) is 14.0 Å². The summed E-state index contributed by atoms with van der Waals surface area (Å²) in [5, 5.41) is 2.84. The number of carbonyl (C=O) groups excluding carboxylic acids is 2. The highest BCUT2D eigenvalue weighted by atomic mass is 19.1. The van der Waals surface area contributed by atoms with Crippen molar-refractivity contribution in [3.63, 3.8) is 0 Å². The lowest BCUT2D eigenvalue weighted by molar-refractivity contribution is 0.0635. The van der Waals surface area contributed by atoms with Crippen LogP contribution in [-0.2, 0) is 0 Å². The van der Waals surface area contributed by atoms with Crippen molar-refractivity contribution in [2.45, 2.75) is 39.2 Å². The van der Waals surface area contributed by atoms with Gasteiger partial charge in [-0.25, -0.2) is 4.39 Å². The highest BCUT2D eigenvalue weighted by Crippen LogP contribution is 2.25. The van der Waals surface area contributed by atoms with Crippen molar-refractivity contribution in [1.82, 2.24) is 4.90 Å². The minimum atomic E-state index is -0.389. The minimum Gasteiger partial charge on any atom is -0.451 e. The maximum Gasteiger partial charge on any atom is 0.291 e. The van der Waals surface area contributed by atoms with Crippen LogP contribution in [0.15, 0.2) is 59.0 Å². The molecule has 3 aromatic rings. The van der Waals surface area contributed by atoms with Crippen molar-refractivity contribution >= 4 is 17.5 Å². The second-order valence-corrected chi connectivity index (χ2v) is 8.00. The Labute approximate surface area is 180 Å². The highest BCUT2D eigenvalue weighted by Gasteiger charge is 2.24. The van der Waals surface area contributed by atoms with Crippen LogP contribution in [0.4, 0.5) is 10.1 Å². The van der Waals surface area contributed by atoms with E-state index >= 15 is 0 Å². The normalized spacial score (nSPS) is 16.2. The molecule has 1 atom stereocenters. The number of hydrogen-bond donors (Lipinski definition) is 1. The predicted octanol–water partition coefficient (Wildman–Crippen LogP) is 5.66. The van der Waals surface area contributed by atoms with Gasteiger partial charge in [0.05, 0.1) is 0 Å². The van der Waals surface area contributed by atoms with E-state index in [-0.39, 0.29) is 29.4 Å². The third kappa shape index (κ3) is 4.53. The molecule has 1 aliphatic rings. The number of hydrogen-bond acceptors (Lipinski definition) is 3. The second kappa shape index (κ2) is 8.76. The number of amides is 2. The van der Waals surface area contributed by atoms with Gasteiger partial charge in [0, 0.05) is 29.4 Å². The lowest BCUT2D eigenvalue weighted by Gasteiger charge is -2.33. The Morgan fingerprint density at radius 2 is 1.84 bits per heavy atom. The van der Waals surface area contributed by atoms with Crippen molar-refractivity contribution in [3.05, 3.63) is 77.3 Å². The van der Waals surface area contributed by atoms with Crippen molar-refractivity contribution in [2.75, 3.05) is 11.9 Å². The molecule has 160 valence electrons. The van der Waals surface area contributed by atoms with E-state index in [2.05, 4.69) is 12.2 Å². The number of nitrogens with one attached hydrogen (secondary N) is 1. The van der Waals surface area contributed by atoms with E-state index in [1.807, 2.05) is 17.9 Å². The maximum atomic E-state index is 13.1. The maximum absolute atomic E-state index is 13.1. The van der Waals surface area contributed by atoms with Gasteiger partial charge in [0.1, 0.15) is 11.6 Å². The summed E-state index contributed by atoms with van der Waals surface area (Å²) in [5.41, 5.74) is 2.73.